The topological polar surface area (TPSA) is 191 Å². The zero-order chi connectivity index (χ0) is 39.7. The molecule has 288 valence electrons. The second kappa shape index (κ2) is 20.2. The highest BCUT2D eigenvalue weighted by Crippen LogP contribution is 2.39. The molecule has 0 unspecified atom stereocenters. The van der Waals surface area contributed by atoms with Crippen LogP contribution in [0.15, 0.2) is 83.0 Å². The highest BCUT2D eigenvalue weighted by atomic mass is 16.6. The van der Waals surface area contributed by atoms with Crippen LogP contribution in [-0.2, 0) is 9.59 Å². The van der Waals surface area contributed by atoms with Crippen molar-refractivity contribution in [3.8, 4) is 46.0 Å². The zero-order valence-corrected chi connectivity index (χ0v) is 31.0. The third-order valence-corrected chi connectivity index (χ3v) is 7.55. The molecule has 4 aromatic carbocycles. The summed E-state index contributed by atoms with van der Waals surface area (Å²) >= 11 is 0. The Hall–Kier alpha value is -7.10. The van der Waals surface area contributed by atoms with Crippen molar-refractivity contribution in [3.63, 3.8) is 0 Å². The van der Waals surface area contributed by atoms with Crippen molar-refractivity contribution in [2.24, 2.45) is 10.2 Å². The van der Waals surface area contributed by atoms with Gasteiger partial charge in [-0.05, 0) is 66.1 Å². The number of carbonyl (C=O) groups excluding carboxylic acids is 4. The van der Waals surface area contributed by atoms with Gasteiger partial charge >= 0.3 is 11.9 Å². The number of ether oxygens (including phenoxy) is 8. The van der Waals surface area contributed by atoms with E-state index in [1.807, 2.05) is 0 Å². The lowest BCUT2D eigenvalue weighted by Crippen LogP contribution is -2.20. The minimum Gasteiger partial charge on any atom is -0.493 e. The Morgan fingerprint density at radius 1 is 0.527 bits per heavy atom. The summed E-state index contributed by atoms with van der Waals surface area (Å²) in [6.45, 7) is 0. The van der Waals surface area contributed by atoms with Crippen molar-refractivity contribution in [1.82, 2.24) is 10.9 Å². The SMILES string of the molecule is COc1cc(C(=O)Oc2cccc(C=NNC(=O)CCCC(=O)NN=Cc3cccc(OC(=O)c4cc(OC)c(OC)c(OC)c4)c3)c2)cc(OC)c1OC. The van der Waals surface area contributed by atoms with Crippen molar-refractivity contribution >= 4 is 36.2 Å². The lowest BCUT2D eigenvalue weighted by Gasteiger charge is -2.13. The van der Waals surface area contributed by atoms with Crippen LogP contribution >= 0.6 is 0 Å². The van der Waals surface area contributed by atoms with Gasteiger partial charge < -0.3 is 37.9 Å². The number of amides is 2. The van der Waals surface area contributed by atoms with E-state index in [-0.39, 0.29) is 41.9 Å². The van der Waals surface area contributed by atoms with Crippen LogP contribution in [0.2, 0.25) is 0 Å². The van der Waals surface area contributed by atoms with E-state index in [1.165, 1.54) is 79.4 Å². The van der Waals surface area contributed by atoms with Gasteiger partial charge in [-0.2, -0.15) is 10.2 Å². The summed E-state index contributed by atoms with van der Waals surface area (Å²) in [5.41, 5.74) is 6.28. The number of hydrogen-bond donors (Lipinski definition) is 2. The van der Waals surface area contributed by atoms with Crippen LogP contribution in [0.25, 0.3) is 0 Å². The maximum absolute atomic E-state index is 12.8. The van der Waals surface area contributed by atoms with E-state index in [2.05, 4.69) is 21.1 Å². The predicted octanol–water partition coefficient (Wildman–Crippen LogP) is 4.95. The Labute approximate surface area is 316 Å². The molecule has 0 spiro atoms. The smallest absolute Gasteiger partial charge is 0.343 e. The minimum absolute atomic E-state index is 0.0280. The third kappa shape index (κ3) is 11.4. The molecule has 0 heterocycles. The second-order valence-corrected chi connectivity index (χ2v) is 11.2. The Kier molecular flexibility index (Phi) is 15.0. The van der Waals surface area contributed by atoms with Crippen LogP contribution in [-0.4, -0.2) is 78.8 Å². The van der Waals surface area contributed by atoms with Gasteiger partial charge in [0, 0.05) is 12.8 Å². The molecule has 2 amide bonds. The monoisotopic (exact) mass is 756 g/mol. The van der Waals surface area contributed by atoms with E-state index >= 15 is 0 Å². The quantitative estimate of drug-likeness (QED) is 0.0602. The molecule has 55 heavy (non-hydrogen) atoms. The number of nitrogens with zero attached hydrogens (tertiary/aromatic N) is 2. The predicted molar refractivity (Wildman–Crippen MR) is 200 cm³/mol. The van der Waals surface area contributed by atoms with Gasteiger partial charge in [-0.15, -0.1) is 0 Å². The van der Waals surface area contributed by atoms with Crippen molar-refractivity contribution in [2.45, 2.75) is 19.3 Å². The van der Waals surface area contributed by atoms with Gasteiger partial charge in [-0.1, -0.05) is 24.3 Å². The van der Waals surface area contributed by atoms with Gasteiger partial charge in [0.05, 0.1) is 66.2 Å². The van der Waals surface area contributed by atoms with Gasteiger partial charge in [0.1, 0.15) is 11.5 Å². The number of benzene rings is 4. The fraction of sp³-hybridized carbons (Fsp3) is 0.231. The Morgan fingerprint density at radius 2 is 0.891 bits per heavy atom. The van der Waals surface area contributed by atoms with E-state index in [1.54, 1.807) is 48.5 Å². The van der Waals surface area contributed by atoms with Crippen LogP contribution < -0.4 is 48.7 Å². The largest absolute Gasteiger partial charge is 0.493 e. The molecule has 0 aliphatic rings. The van der Waals surface area contributed by atoms with E-state index in [0.717, 1.165) is 0 Å². The van der Waals surface area contributed by atoms with Crippen molar-refractivity contribution in [2.75, 3.05) is 42.7 Å². The van der Waals surface area contributed by atoms with Gasteiger partial charge in [0.15, 0.2) is 23.0 Å². The van der Waals surface area contributed by atoms with Crippen LogP contribution in [0, 0.1) is 0 Å². The summed E-state index contributed by atoms with van der Waals surface area (Å²) in [6, 6.07) is 19.0. The molecule has 0 saturated heterocycles. The molecule has 2 N–H and O–H groups in total. The molecule has 16 nitrogen and oxygen atoms in total. The summed E-state index contributed by atoms with van der Waals surface area (Å²) in [4.78, 5) is 50.3. The Morgan fingerprint density at radius 3 is 1.22 bits per heavy atom. The maximum atomic E-state index is 12.8. The number of hydrazone groups is 2. The maximum Gasteiger partial charge on any atom is 0.343 e. The van der Waals surface area contributed by atoms with E-state index < -0.39 is 23.8 Å². The molecular weight excluding hydrogens is 716 g/mol. The molecule has 0 aliphatic carbocycles. The summed E-state index contributed by atoms with van der Waals surface area (Å²) in [5, 5.41) is 7.89. The number of hydrogen-bond acceptors (Lipinski definition) is 14. The number of carbonyl (C=O) groups is 4. The molecule has 0 fully saturated rings. The van der Waals surface area contributed by atoms with Crippen LogP contribution in [0.4, 0.5) is 0 Å². The molecule has 0 radical (unpaired) electrons. The van der Waals surface area contributed by atoms with Crippen LogP contribution in [0.5, 0.6) is 46.0 Å². The van der Waals surface area contributed by atoms with Gasteiger partial charge in [-0.3, -0.25) is 9.59 Å². The summed E-state index contributed by atoms with van der Waals surface area (Å²) < 4.78 is 42.8. The van der Waals surface area contributed by atoms with Crippen LogP contribution in [0.1, 0.15) is 51.1 Å². The number of nitrogens with one attached hydrogen (secondary N) is 2. The molecule has 0 atom stereocenters. The third-order valence-electron chi connectivity index (χ3n) is 7.55. The van der Waals surface area contributed by atoms with Gasteiger partial charge in [0.2, 0.25) is 23.3 Å². The minimum atomic E-state index is -0.654. The Balaban J connectivity index is 1.20. The number of esters is 2. The first-order valence-corrected chi connectivity index (χ1v) is 16.5. The molecular formula is C39H40N4O12. The molecule has 0 bridgehead atoms. The van der Waals surface area contributed by atoms with E-state index in [4.69, 9.17) is 37.9 Å². The van der Waals surface area contributed by atoms with Crippen molar-refractivity contribution in [3.05, 3.63) is 95.1 Å². The highest BCUT2D eigenvalue weighted by Gasteiger charge is 2.20. The summed E-state index contributed by atoms with van der Waals surface area (Å²) in [5.74, 6) is 0.249. The first-order valence-electron chi connectivity index (χ1n) is 16.5. The molecule has 16 heteroatoms. The second-order valence-electron chi connectivity index (χ2n) is 11.2. The number of methoxy groups -OCH3 is 6. The molecule has 0 aromatic heterocycles. The zero-order valence-electron chi connectivity index (χ0n) is 31.0. The lowest BCUT2D eigenvalue weighted by molar-refractivity contribution is -0.122. The molecule has 4 aromatic rings. The Bertz CT molecular complexity index is 1870. The fourth-order valence-electron chi connectivity index (χ4n) is 4.93. The lowest BCUT2D eigenvalue weighted by atomic mass is 10.1. The number of rotatable bonds is 18. The summed E-state index contributed by atoms with van der Waals surface area (Å²) in [6.07, 6.45) is 3.07. The molecule has 0 aliphatic heterocycles. The van der Waals surface area contributed by atoms with E-state index in [0.29, 0.717) is 45.6 Å². The van der Waals surface area contributed by atoms with Crippen LogP contribution in [0.3, 0.4) is 0 Å². The van der Waals surface area contributed by atoms with E-state index in [9.17, 15) is 19.2 Å². The average molecular weight is 757 g/mol. The standard InChI is InChI=1S/C39H40N4O12/c1-48-30-18-26(19-31(49-2)36(30)52-5)38(46)54-28-12-7-10-24(16-28)22-40-42-34(44)14-9-15-35(45)43-41-23-25-11-8-13-29(17-25)55-39(47)27-20-32(50-3)37(53-6)33(21-27)51-4/h7-8,10-13,16-23H,9,14-15H2,1-6H3,(H,42,44)(H,43,45). The normalized spacial score (nSPS) is 10.7. The van der Waals surface area contributed by atoms with Gasteiger partial charge in [0.25, 0.3) is 0 Å². The first kappa shape index (κ1) is 40.7. The average Bonchev–Trinajstić information content (AvgIpc) is 3.19. The fourth-order valence-corrected chi connectivity index (χ4v) is 4.93. The van der Waals surface area contributed by atoms with Crippen molar-refractivity contribution < 1.29 is 57.1 Å². The van der Waals surface area contributed by atoms with Gasteiger partial charge in [-0.25, -0.2) is 20.4 Å². The molecule has 0 saturated carbocycles. The van der Waals surface area contributed by atoms with Crippen molar-refractivity contribution in [1.29, 1.82) is 0 Å². The first-order chi connectivity index (χ1) is 26.6. The molecule has 4 rings (SSSR count). The summed E-state index contributed by atoms with van der Waals surface area (Å²) in [7, 11) is 8.68. The highest BCUT2D eigenvalue weighted by molar-refractivity contribution is 5.94.